The molecule has 4 aromatic rings. The zero-order valence-electron chi connectivity index (χ0n) is 16.9. The first-order chi connectivity index (χ1) is 14.4. The van der Waals surface area contributed by atoms with Gasteiger partial charge in [0.25, 0.3) is 5.56 Å². The SMILES string of the molecule is Cc1cccc(NC(=O)Cn2ccc3ccn(Cc4cccc(F)c4)c3c2=O)c1C. The first-order valence-electron chi connectivity index (χ1n) is 9.71. The van der Waals surface area contributed by atoms with Crippen LogP contribution in [0.25, 0.3) is 10.9 Å². The van der Waals surface area contributed by atoms with Crippen LogP contribution < -0.4 is 10.9 Å². The molecule has 0 saturated heterocycles. The minimum atomic E-state index is -0.315. The number of halogens is 1. The number of nitrogens with zero attached hydrogens (tertiary/aromatic N) is 2. The molecule has 0 spiro atoms. The summed E-state index contributed by atoms with van der Waals surface area (Å²) in [6.07, 6.45) is 3.43. The van der Waals surface area contributed by atoms with E-state index in [1.165, 1.54) is 16.7 Å². The molecular weight excluding hydrogens is 381 g/mol. The summed E-state index contributed by atoms with van der Waals surface area (Å²) in [6, 6.07) is 15.7. The van der Waals surface area contributed by atoms with Crippen LogP contribution in [0.2, 0.25) is 0 Å². The van der Waals surface area contributed by atoms with Crippen molar-refractivity contribution in [3.8, 4) is 0 Å². The molecule has 6 heteroatoms. The predicted molar refractivity (Wildman–Crippen MR) is 116 cm³/mol. The number of carbonyl (C=O) groups excluding carboxylic acids is 1. The van der Waals surface area contributed by atoms with E-state index in [0.29, 0.717) is 12.1 Å². The summed E-state index contributed by atoms with van der Waals surface area (Å²) < 4.78 is 16.7. The third-order valence-corrected chi connectivity index (χ3v) is 5.33. The van der Waals surface area contributed by atoms with Crippen molar-refractivity contribution in [2.45, 2.75) is 26.9 Å². The number of aryl methyl sites for hydroxylation is 1. The molecule has 1 amide bonds. The number of hydrogen-bond donors (Lipinski definition) is 1. The van der Waals surface area contributed by atoms with Crippen molar-refractivity contribution >= 4 is 22.5 Å². The van der Waals surface area contributed by atoms with Crippen molar-refractivity contribution in [1.82, 2.24) is 9.13 Å². The van der Waals surface area contributed by atoms with E-state index in [9.17, 15) is 14.0 Å². The summed E-state index contributed by atoms with van der Waals surface area (Å²) in [5.74, 6) is -0.585. The average molecular weight is 403 g/mol. The second kappa shape index (κ2) is 7.99. The van der Waals surface area contributed by atoms with E-state index in [1.807, 2.05) is 50.2 Å². The maximum atomic E-state index is 13.5. The van der Waals surface area contributed by atoms with Crippen LogP contribution in [0, 0.1) is 19.7 Å². The van der Waals surface area contributed by atoms with Crippen LogP contribution in [-0.4, -0.2) is 15.0 Å². The molecule has 0 aliphatic carbocycles. The summed E-state index contributed by atoms with van der Waals surface area (Å²) in [7, 11) is 0. The van der Waals surface area contributed by atoms with E-state index >= 15 is 0 Å². The molecule has 152 valence electrons. The Morgan fingerprint density at radius 3 is 2.50 bits per heavy atom. The lowest BCUT2D eigenvalue weighted by atomic mass is 10.1. The highest BCUT2D eigenvalue weighted by Gasteiger charge is 2.12. The van der Waals surface area contributed by atoms with Crippen LogP contribution in [-0.2, 0) is 17.9 Å². The van der Waals surface area contributed by atoms with Crippen molar-refractivity contribution in [3.05, 3.63) is 99.9 Å². The standard InChI is InChI=1S/C24H22FN3O2/c1-16-5-3-8-21(17(16)2)26-22(29)15-28-12-10-19-9-11-27(23(19)24(28)30)14-18-6-4-7-20(25)13-18/h3-13H,14-15H2,1-2H3,(H,26,29). The van der Waals surface area contributed by atoms with Crippen molar-refractivity contribution in [1.29, 1.82) is 0 Å². The molecule has 0 aliphatic heterocycles. The van der Waals surface area contributed by atoms with E-state index in [1.54, 1.807) is 23.0 Å². The number of amides is 1. The number of carbonyl (C=O) groups is 1. The number of rotatable bonds is 5. The Balaban J connectivity index is 1.60. The van der Waals surface area contributed by atoms with Crippen LogP contribution >= 0.6 is 0 Å². The second-order valence-electron chi connectivity index (χ2n) is 7.42. The summed E-state index contributed by atoms with van der Waals surface area (Å²) in [4.78, 5) is 25.6. The van der Waals surface area contributed by atoms with Crippen molar-refractivity contribution in [3.63, 3.8) is 0 Å². The zero-order chi connectivity index (χ0) is 21.3. The van der Waals surface area contributed by atoms with Gasteiger partial charge in [-0.05, 0) is 60.9 Å². The highest BCUT2D eigenvalue weighted by Crippen LogP contribution is 2.18. The Morgan fingerprint density at radius 1 is 1.00 bits per heavy atom. The number of benzene rings is 2. The molecule has 1 N–H and O–H groups in total. The topological polar surface area (TPSA) is 56.0 Å². The van der Waals surface area contributed by atoms with Crippen LogP contribution in [0.3, 0.4) is 0 Å². The lowest BCUT2D eigenvalue weighted by Crippen LogP contribution is -2.28. The minimum Gasteiger partial charge on any atom is -0.339 e. The predicted octanol–water partition coefficient (Wildman–Crippen LogP) is 4.25. The molecule has 0 aliphatic rings. The van der Waals surface area contributed by atoms with Gasteiger partial charge < -0.3 is 14.5 Å². The van der Waals surface area contributed by atoms with Gasteiger partial charge >= 0.3 is 0 Å². The fourth-order valence-corrected chi connectivity index (χ4v) is 3.56. The maximum absolute atomic E-state index is 13.5. The molecule has 5 nitrogen and oxygen atoms in total. The summed E-state index contributed by atoms with van der Waals surface area (Å²) in [6.45, 7) is 4.21. The Kier molecular flexibility index (Phi) is 5.23. The fourth-order valence-electron chi connectivity index (χ4n) is 3.56. The quantitative estimate of drug-likeness (QED) is 0.542. The molecule has 2 aromatic heterocycles. The Labute approximate surface area is 173 Å². The minimum absolute atomic E-state index is 0.0900. The number of hydrogen-bond acceptors (Lipinski definition) is 2. The Hall–Kier alpha value is -3.67. The van der Waals surface area contributed by atoms with Crippen LogP contribution in [0.4, 0.5) is 10.1 Å². The normalized spacial score (nSPS) is 11.0. The smallest absolute Gasteiger partial charge is 0.275 e. The number of pyridine rings is 1. The molecule has 30 heavy (non-hydrogen) atoms. The average Bonchev–Trinajstić information content (AvgIpc) is 3.11. The zero-order valence-corrected chi connectivity index (χ0v) is 16.9. The Morgan fingerprint density at radius 2 is 1.73 bits per heavy atom. The van der Waals surface area contributed by atoms with Crippen LogP contribution in [0.1, 0.15) is 16.7 Å². The fraction of sp³-hybridized carbons (Fsp3) is 0.167. The maximum Gasteiger partial charge on any atom is 0.275 e. The van der Waals surface area contributed by atoms with Gasteiger partial charge in [-0.2, -0.15) is 0 Å². The van der Waals surface area contributed by atoms with Gasteiger partial charge in [0.1, 0.15) is 17.9 Å². The van der Waals surface area contributed by atoms with E-state index in [0.717, 1.165) is 27.8 Å². The number of aromatic nitrogens is 2. The van der Waals surface area contributed by atoms with E-state index in [4.69, 9.17) is 0 Å². The van der Waals surface area contributed by atoms with Crippen LogP contribution in [0.5, 0.6) is 0 Å². The molecule has 0 radical (unpaired) electrons. The lowest BCUT2D eigenvalue weighted by Gasteiger charge is -2.12. The van der Waals surface area contributed by atoms with Gasteiger partial charge in [-0.15, -0.1) is 0 Å². The Bertz CT molecular complexity index is 1300. The van der Waals surface area contributed by atoms with Gasteiger partial charge in [-0.25, -0.2) is 4.39 Å². The third-order valence-electron chi connectivity index (χ3n) is 5.33. The number of fused-ring (bicyclic) bond motifs is 1. The highest BCUT2D eigenvalue weighted by molar-refractivity contribution is 5.91. The number of nitrogens with one attached hydrogen (secondary N) is 1. The molecule has 0 saturated carbocycles. The van der Waals surface area contributed by atoms with Crippen LogP contribution in [0.15, 0.2) is 71.8 Å². The van der Waals surface area contributed by atoms with Gasteiger partial charge in [0, 0.05) is 30.0 Å². The molecular formula is C24H22FN3O2. The molecule has 0 atom stereocenters. The van der Waals surface area contributed by atoms with Crippen molar-refractivity contribution in [2.75, 3.05) is 5.32 Å². The van der Waals surface area contributed by atoms with Crippen molar-refractivity contribution < 1.29 is 9.18 Å². The molecule has 0 bridgehead atoms. The van der Waals surface area contributed by atoms with Gasteiger partial charge in [0.2, 0.25) is 5.91 Å². The molecule has 0 unspecified atom stereocenters. The molecule has 2 heterocycles. The second-order valence-corrected chi connectivity index (χ2v) is 7.42. The molecule has 2 aromatic carbocycles. The van der Waals surface area contributed by atoms with Gasteiger partial charge in [0.05, 0.1) is 0 Å². The number of anilines is 1. The van der Waals surface area contributed by atoms with Gasteiger partial charge in [0.15, 0.2) is 0 Å². The van der Waals surface area contributed by atoms with Gasteiger partial charge in [-0.3, -0.25) is 9.59 Å². The summed E-state index contributed by atoms with van der Waals surface area (Å²) in [5, 5.41) is 3.66. The first-order valence-corrected chi connectivity index (χ1v) is 9.71. The summed E-state index contributed by atoms with van der Waals surface area (Å²) in [5.41, 5.74) is 3.81. The van der Waals surface area contributed by atoms with Gasteiger partial charge in [-0.1, -0.05) is 24.3 Å². The molecule has 0 fully saturated rings. The molecule has 4 rings (SSSR count). The van der Waals surface area contributed by atoms with E-state index in [2.05, 4.69) is 5.32 Å². The lowest BCUT2D eigenvalue weighted by molar-refractivity contribution is -0.116. The monoisotopic (exact) mass is 403 g/mol. The highest BCUT2D eigenvalue weighted by atomic mass is 19.1. The van der Waals surface area contributed by atoms with E-state index in [-0.39, 0.29) is 23.8 Å². The van der Waals surface area contributed by atoms with E-state index < -0.39 is 0 Å². The first kappa shape index (κ1) is 19.6. The third kappa shape index (κ3) is 3.89. The largest absolute Gasteiger partial charge is 0.339 e. The van der Waals surface area contributed by atoms with Crippen molar-refractivity contribution in [2.24, 2.45) is 0 Å². The summed E-state index contributed by atoms with van der Waals surface area (Å²) >= 11 is 0.